The van der Waals surface area contributed by atoms with Crippen LogP contribution in [-0.4, -0.2) is 18.0 Å². The summed E-state index contributed by atoms with van der Waals surface area (Å²) in [6.45, 7) is 0. The van der Waals surface area contributed by atoms with Crippen LogP contribution in [0.25, 0.3) is 0 Å². The van der Waals surface area contributed by atoms with Gasteiger partial charge in [0.2, 0.25) is 5.91 Å². The van der Waals surface area contributed by atoms with Gasteiger partial charge in [-0.25, -0.2) is 4.99 Å². The Bertz CT molecular complexity index is 871. The number of benzene rings is 2. The van der Waals surface area contributed by atoms with Crippen LogP contribution in [0.15, 0.2) is 47.5 Å². The SMILES string of the molecule is NC(=O)C(Cc1ccc2c(c1)C(=O)N=C2)c1ccc(C(F)(F)F)cc1. The lowest BCUT2D eigenvalue weighted by Crippen LogP contribution is -2.23. The van der Waals surface area contributed by atoms with Gasteiger partial charge in [0.05, 0.1) is 17.0 Å². The van der Waals surface area contributed by atoms with E-state index in [1.807, 2.05) is 0 Å². The van der Waals surface area contributed by atoms with E-state index in [-0.39, 0.29) is 12.3 Å². The molecule has 1 aliphatic heterocycles. The molecule has 2 N–H and O–H groups in total. The number of primary amides is 1. The molecule has 7 heteroatoms. The summed E-state index contributed by atoms with van der Waals surface area (Å²) in [5.74, 6) is -1.80. The number of aliphatic imine (C=N–C) groups is 1. The second-order valence-corrected chi connectivity index (χ2v) is 5.76. The van der Waals surface area contributed by atoms with E-state index in [1.54, 1.807) is 18.2 Å². The zero-order chi connectivity index (χ0) is 18.2. The molecule has 1 aliphatic rings. The monoisotopic (exact) mass is 346 g/mol. The molecule has 1 heterocycles. The highest BCUT2D eigenvalue weighted by atomic mass is 19.4. The number of carbonyl (C=O) groups excluding carboxylic acids is 2. The number of rotatable bonds is 4. The molecule has 0 spiro atoms. The number of amides is 2. The van der Waals surface area contributed by atoms with Crippen molar-refractivity contribution in [2.75, 3.05) is 0 Å². The van der Waals surface area contributed by atoms with Gasteiger partial charge in [-0.2, -0.15) is 13.2 Å². The fraction of sp³-hybridized carbons (Fsp3) is 0.167. The fourth-order valence-corrected chi connectivity index (χ4v) is 2.75. The van der Waals surface area contributed by atoms with Crippen LogP contribution < -0.4 is 5.73 Å². The van der Waals surface area contributed by atoms with E-state index in [0.29, 0.717) is 22.3 Å². The van der Waals surface area contributed by atoms with Crippen LogP contribution >= 0.6 is 0 Å². The van der Waals surface area contributed by atoms with Crippen molar-refractivity contribution in [3.05, 3.63) is 70.3 Å². The predicted octanol–water partition coefficient (Wildman–Crippen LogP) is 3.09. The van der Waals surface area contributed by atoms with Crippen molar-refractivity contribution < 1.29 is 22.8 Å². The van der Waals surface area contributed by atoms with Crippen LogP contribution in [0.5, 0.6) is 0 Å². The van der Waals surface area contributed by atoms with Crippen molar-refractivity contribution in [2.24, 2.45) is 10.7 Å². The first-order valence-corrected chi connectivity index (χ1v) is 7.43. The van der Waals surface area contributed by atoms with Crippen molar-refractivity contribution in [1.82, 2.24) is 0 Å². The molecular weight excluding hydrogens is 333 g/mol. The maximum absolute atomic E-state index is 12.7. The van der Waals surface area contributed by atoms with E-state index >= 15 is 0 Å². The first kappa shape index (κ1) is 16.9. The number of hydrogen-bond acceptors (Lipinski definition) is 2. The molecule has 0 aromatic heterocycles. The van der Waals surface area contributed by atoms with Gasteiger partial charge in [0.15, 0.2) is 0 Å². The molecule has 0 bridgehead atoms. The molecule has 1 unspecified atom stereocenters. The quantitative estimate of drug-likeness (QED) is 0.924. The Morgan fingerprint density at radius 2 is 1.80 bits per heavy atom. The molecule has 2 aromatic rings. The van der Waals surface area contributed by atoms with Gasteiger partial charge in [0.25, 0.3) is 5.91 Å². The Hall–Kier alpha value is -2.96. The number of fused-ring (bicyclic) bond motifs is 1. The van der Waals surface area contributed by atoms with Gasteiger partial charge in [-0.1, -0.05) is 24.3 Å². The van der Waals surface area contributed by atoms with Gasteiger partial charge in [-0.15, -0.1) is 0 Å². The fourth-order valence-electron chi connectivity index (χ4n) is 2.75. The average Bonchev–Trinajstić information content (AvgIpc) is 2.92. The molecule has 3 rings (SSSR count). The molecule has 0 aliphatic carbocycles. The van der Waals surface area contributed by atoms with Crippen LogP contribution in [0.1, 0.15) is 38.5 Å². The van der Waals surface area contributed by atoms with E-state index in [4.69, 9.17) is 5.73 Å². The normalized spacial score (nSPS) is 14.4. The number of nitrogens with two attached hydrogens (primary N) is 1. The number of alkyl halides is 3. The highest BCUT2D eigenvalue weighted by Crippen LogP contribution is 2.31. The van der Waals surface area contributed by atoms with Crippen LogP contribution in [0, 0.1) is 0 Å². The summed E-state index contributed by atoms with van der Waals surface area (Å²) in [6, 6.07) is 9.43. The topological polar surface area (TPSA) is 72.5 Å². The molecule has 1 atom stereocenters. The summed E-state index contributed by atoms with van der Waals surface area (Å²) < 4.78 is 38.0. The van der Waals surface area contributed by atoms with Gasteiger partial charge in [0.1, 0.15) is 0 Å². The standard InChI is InChI=1S/C18H13F3N2O2/c19-18(20,21)13-5-3-11(4-6-13)14(16(22)24)7-10-1-2-12-9-23-17(25)15(12)8-10/h1-6,8-9,14H,7H2,(H2,22,24). The zero-order valence-electron chi connectivity index (χ0n) is 12.9. The highest BCUT2D eigenvalue weighted by molar-refractivity contribution is 6.12. The predicted molar refractivity (Wildman–Crippen MR) is 85.4 cm³/mol. The molecule has 0 saturated carbocycles. The number of hydrogen-bond donors (Lipinski definition) is 1. The first-order valence-electron chi connectivity index (χ1n) is 7.43. The third kappa shape index (κ3) is 3.45. The Kier molecular flexibility index (Phi) is 4.16. The number of carbonyl (C=O) groups is 2. The lowest BCUT2D eigenvalue weighted by Gasteiger charge is -2.15. The molecule has 25 heavy (non-hydrogen) atoms. The second-order valence-electron chi connectivity index (χ2n) is 5.76. The van der Waals surface area contributed by atoms with Gasteiger partial charge in [0, 0.05) is 11.8 Å². The molecule has 0 radical (unpaired) electrons. The van der Waals surface area contributed by atoms with E-state index < -0.39 is 23.6 Å². The number of nitrogens with zero attached hydrogens (tertiary/aromatic N) is 1. The maximum atomic E-state index is 12.7. The largest absolute Gasteiger partial charge is 0.416 e. The Labute approximate surface area is 141 Å². The van der Waals surface area contributed by atoms with E-state index in [0.717, 1.165) is 12.1 Å². The molecule has 4 nitrogen and oxygen atoms in total. The minimum Gasteiger partial charge on any atom is -0.369 e. The molecule has 2 aromatic carbocycles. The van der Waals surface area contributed by atoms with Crippen LogP contribution in [-0.2, 0) is 17.4 Å². The summed E-state index contributed by atoms with van der Waals surface area (Å²) in [4.78, 5) is 27.1. The van der Waals surface area contributed by atoms with E-state index in [9.17, 15) is 22.8 Å². The lowest BCUT2D eigenvalue weighted by molar-refractivity contribution is -0.137. The molecular formula is C18H13F3N2O2. The van der Waals surface area contributed by atoms with E-state index in [1.165, 1.54) is 18.3 Å². The smallest absolute Gasteiger partial charge is 0.369 e. The van der Waals surface area contributed by atoms with Crippen molar-refractivity contribution in [3.63, 3.8) is 0 Å². The van der Waals surface area contributed by atoms with Crippen molar-refractivity contribution in [3.8, 4) is 0 Å². The summed E-state index contributed by atoms with van der Waals surface area (Å²) in [7, 11) is 0. The van der Waals surface area contributed by atoms with Crippen molar-refractivity contribution in [2.45, 2.75) is 18.5 Å². The highest BCUT2D eigenvalue weighted by Gasteiger charge is 2.30. The summed E-state index contributed by atoms with van der Waals surface area (Å²) in [5, 5.41) is 0. The minimum absolute atomic E-state index is 0.182. The first-order chi connectivity index (χ1) is 11.8. The third-order valence-electron chi connectivity index (χ3n) is 4.09. The van der Waals surface area contributed by atoms with Gasteiger partial charge >= 0.3 is 6.18 Å². The Balaban J connectivity index is 1.87. The zero-order valence-corrected chi connectivity index (χ0v) is 12.9. The van der Waals surface area contributed by atoms with Gasteiger partial charge in [-0.3, -0.25) is 9.59 Å². The van der Waals surface area contributed by atoms with Crippen molar-refractivity contribution >= 4 is 18.0 Å². The summed E-state index contributed by atoms with van der Waals surface area (Å²) >= 11 is 0. The van der Waals surface area contributed by atoms with Gasteiger partial charge < -0.3 is 5.73 Å². The Morgan fingerprint density at radius 1 is 1.12 bits per heavy atom. The Morgan fingerprint density at radius 3 is 2.40 bits per heavy atom. The minimum atomic E-state index is -4.44. The molecule has 128 valence electrons. The maximum Gasteiger partial charge on any atom is 0.416 e. The van der Waals surface area contributed by atoms with Crippen LogP contribution in [0.3, 0.4) is 0 Å². The van der Waals surface area contributed by atoms with Gasteiger partial charge in [-0.05, 0) is 35.7 Å². The average molecular weight is 346 g/mol. The summed E-state index contributed by atoms with van der Waals surface area (Å²) in [6.07, 6.45) is -2.80. The molecule has 0 saturated heterocycles. The van der Waals surface area contributed by atoms with Crippen LogP contribution in [0.4, 0.5) is 13.2 Å². The second kappa shape index (κ2) is 6.16. The molecule has 0 fully saturated rings. The summed E-state index contributed by atoms with van der Waals surface area (Å²) in [5.41, 5.74) is 6.84. The van der Waals surface area contributed by atoms with Crippen molar-refractivity contribution in [1.29, 1.82) is 0 Å². The third-order valence-corrected chi connectivity index (χ3v) is 4.09. The van der Waals surface area contributed by atoms with Crippen LogP contribution in [0.2, 0.25) is 0 Å². The molecule has 2 amide bonds. The van der Waals surface area contributed by atoms with E-state index in [2.05, 4.69) is 4.99 Å². The number of halogens is 3. The lowest BCUT2D eigenvalue weighted by atomic mass is 9.89.